The first-order valence-electron chi connectivity index (χ1n) is 10.1. The van der Waals surface area contributed by atoms with E-state index in [1.807, 2.05) is 0 Å². The molecule has 5 heterocycles. The second kappa shape index (κ2) is 8.53. The number of carbonyl (C=O) groups is 1. The molecule has 0 aliphatic heterocycles. The molecule has 35 heavy (non-hydrogen) atoms. The minimum absolute atomic E-state index is 0.00824. The third-order valence-electron chi connectivity index (χ3n) is 5.04. The van der Waals surface area contributed by atoms with Crippen LogP contribution < -0.4 is 10.5 Å². The van der Waals surface area contributed by atoms with Crippen molar-refractivity contribution in [3.8, 4) is 5.75 Å². The number of esters is 1. The summed E-state index contributed by atoms with van der Waals surface area (Å²) in [5, 5.41) is 3.86. The quantitative estimate of drug-likeness (QED) is 0.277. The molecule has 0 spiro atoms. The first-order valence-corrected chi connectivity index (χ1v) is 11.5. The zero-order valence-electron chi connectivity index (χ0n) is 18.1. The van der Waals surface area contributed by atoms with Crippen LogP contribution in [0.2, 0.25) is 0 Å². The number of nitrogens with zero attached hydrogens (tertiary/aromatic N) is 6. The molecular weight excluding hydrogens is 474 g/mol. The number of rotatable bonds is 6. The standard InChI is InChI=1S/C22H17N7O5S/c1-24-9-15(8-23)14-7-18-17(25-10-14)11-27-29(18)35(31,32)21-12-26-20-5-4-16(13-28(20)21)34-22(30)19-3-2-6-33-19/h2-13H,23H2,1H3. The van der Waals surface area contributed by atoms with Gasteiger partial charge in [0.2, 0.25) is 5.76 Å². The number of allylic oxidation sites excluding steroid dienone is 1. The molecule has 0 radical (unpaired) electrons. The molecule has 0 atom stereocenters. The molecule has 0 fully saturated rings. The summed E-state index contributed by atoms with van der Waals surface area (Å²) in [6.07, 6.45) is 9.66. The Bertz CT molecular complexity index is 1730. The lowest BCUT2D eigenvalue weighted by Crippen LogP contribution is -2.16. The van der Waals surface area contributed by atoms with Gasteiger partial charge in [0.05, 0.1) is 24.9 Å². The zero-order valence-corrected chi connectivity index (χ0v) is 19.0. The van der Waals surface area contributed by atoms with Gasteiger partial charge in [-0.15, -0.1) is 0 Å². The lowest BCUT2D eigenvalue weighted by atomic mass is 10.1. The van der Waals surface area contributed by atoms with Crippen molar-refractivity contribution >= 4 is 44.5 Å². The molecule has 0 amide bonds. The Labute approximate surface area is 198 Å². The molecule has 0 aromatic carbocycles. The number of fused-ring (bicyclic) bond motifs is 2. The predicted octanol–water partition coefficient (Wildman–Crippen LogP) is 2.13. The number of hydrogen-bond acceptors (Lipinski definition) is 10. The fourth-order valence-corrected chi connectivity index (χ4v) is 4.75. The third-order valence-corrected chi connectivity index (χ3v) is 6.62. The molecular formula is C22H17N7O5S. The maximum Gasteiger partial charge on any atom is 0.379 e. The summed E-state index contributed by atoms with van der Waals surface area (Å²) in [6.45, 7) is 0. The highest BCUT2D eigenvalue weighted by molar-refractivity contribution is 7.90. The molecule has 0 saturated carbocycles. The minimum atomic E-state index is -4.23. The molecule has 176 valence electrons. The lowest BCUT2D eigenvalue weighted by molar-refractivity contribution is 0.0700. The Morgan fingerprint density at radius 1 is 1.20 bits per heavy atom. The predicted molar refractivity (Wildman–Crippen MR) is 126 cm³/mol. The normalized spacial score (nSPS) is 12.7. The maximum atomic E-state index is 13.6. The second-order valence-electron chi connectivity index (χ2n) is 7.19. The van der Waals surface area contributed by atoms with Crippen molar-refractivity contribution in [2.45, 2.75) is 5.03 Å². The zero-order chi connectivity index (χ0) is 24.6. The smallest absolute Gasteiger partial charge is 0.379 e. The number of hydrogen-bond donors (Lipinski definition) is 1. The van der Waals surface area contributed by atoms with Gasteiger partial charge in [-0.1, -0.05) is 0 Å². The molecule has 2 N–H and O–H groups in total. The summed E-state index contributed by atoms with van der Waals surface area (Å²) in [5.41, 5.74) is 7.73. The van der Waals surface area contributed by atoms with Crippen molar-refractivity contribution < 1.29 is 22.4 Å². The van der Waals surface area contributed by atoms with E-state index in [0.717, 1.165) is 4.09 Å². The van der Waals surface area contributed by atoms with E-state index < -0.39 is 16.0 Å². The number of ether oxygens (including phenoxy) is 1. The number of carbonyl (C=O) groups excluding carboxylic acids is 1. The SMILES string of the molecule is CN=CC(=CN)c1cnc2cnn(S(=O)(=O)c3cnc4ccc(OC(=O)c5ccco5)cn34)c2c1. The molecule has 5 aromatic heterocycles. The molecule has 0 bridgehead atoms. The van der Waals surface area contributed by atoms with Crippen molar-refractivity contribution in [3.63, 3.8) is 0 Å². The van der Waals surface area contributed by atoms with Crippen LogP contribution in [0.5, 0.6) is 5.75 Å². The molecule has 13 heteroatoms. The maximum absolute atomic E-state index is 13.6. The number of imidazole rings is 1. The van der Waals surface area contributed by atoms with E-state index in [-0.39, 0.29) is 22.1 Å². The van der Waals surface area contributed by atoms with Gasteiger partial charge in [0, 0.05) is 36.8 Å². The number of aliphatic imine (C=N–C) groups is 1. The van der Waals surface area contributed by atoms with Gasteiger partial charge in [0.15, 0.2) is 5.03 Å². The Hall–Kier alpha value is -4.78. The van der Waals surface area contributed by atoms with E-state index in [0.29, 0.717) is 22.3 Å². The molecule has 12 nitrogen and oxygen atoms in total. The van der Waals surface area contributed by atoms with Gasteiger partial charge in [-0.05, 0) is 30.3 Å². The van der Waals surface area contributed by atoms with E-state index in [4.69, 9.17) is 14.9 Å². The van der Waals surface area contributed by atoms with Crippen molar-refractivity contribution in [2.75, 3.05) is 7.05 Å². The monoisotopic (exact) mass is 491 g/mol. The van der Waals surface area contributed by atoms with Crippen LogP contribution in [-0.2, 0) is 10.0 Å². The summed E-state index contributed by atoms with van der Waals surface area (Å²) in [5.74, 6) is -0.622. The van der Waals surface area contributed by atoms with Crippen LogP contribution in [0.25, 0.3) is 22.3 Å². The van der Waals surface area contributed by atoms with Crippen molar-refractivity contribution in [2.24, 2.45) is 10.7 Å². The van der Waals surface area contributed by atoms with Gasteiger partial charge in [-0.3, -0.25) is 14.4 Å². The Morgan fingerprint density at radius 3 is 2.80 bits per heavy atom. The van der Waals surface area contributed by atoms with Crippen molar-refractivity contribution in [1.82, 2.24) is 23.6 Å². The van der Waals surface area contributed by atoms with Gasteiger partial charge >= 0.3 is 16.0 Å². The Balaban J connectivity index is 1.58. The fourth-order valence-electron chi connectivity index (χ4n) is 3.42. The summed E-state index contributed by atoms with van der Waals surface area (Å²) >= 11 is 0. The van der Waals surface area contributed by atoms with Gasteiger partial charge < -0.3 is 14.9 Å². The number of furan rings is 1. The molecule has 0 aliphatic carbocycles. The Kier molecular flexibility index (Phi) is 5.37. The van der Waals surface area contributed by atoms with Crippen molar-refractivity contribution in [1.29, 1.82) is 0 Å². The second-order valence-corrected chi connectivity index (χ2v) is 8.90. The fraction of sp³-hybridized carbons (Fsp3) is 0.0455. The topological polar surface area (TPSA) is 160 Å². The molecule has 0 aliphatic rings. The van der Waals surface area contributed by atoms with E-state index in [1.165, 1.54) is 59.9 Å². The minimum Gasteiger partial charge on any atom is -0.457 e. The third kappa shape index (κ3) is 3.83. The van der Waals surface area contributed by atoms with Crippen LogP contribution in [0.4, 0.5) is 0 Å². The van der Waals surface area contributed by atoms with Crippen LogP contribution in [-0.4, -0.2) is 51.2 Å². The average molecular weight is 491 g/mol. The largest absolute Gasteiger partial charge is 0.457 e. The lowest BCUT2D eigenvalue weighted by Gasteiger charge is -2.08. The highest BCUT2D eigenvalue weighted by Gasteiger charge is 2.26. The molecule has 0 saturated heterocycles. The molecule has 0 unspecified atom stereocenters. The van der Waals surface area contributed by atoms with Gasteiger partial charge in [-0.2, -0.15) is 17.6 Å². The Morgan fingerprint density at radius 2 is 2.06 bits per heavy atom. The van der Waals surface area contributed by atoms with E-state index in [1.54, 1.807) is 25.4 Å². The number of nitrogens with two attached hydrogens (primary N) is 1. The van der Waals surface area contributed by atoms with E-state index >= 15 is 0 Å². The van der Waals surface area contributed by atoms with Crippen LogP contribution >= 0.6 is 0 Å². The van der Waals surface area contributed by atoms with Gasteiger partial charge in [0.25, 0.3) is 0 Å². The highest BCUT2D eigenvalue weighted by Crippen LogP contribution is 2.24. The van der Waals surface area contributed by atoms with Crippen LogP contribution in [0.15, 0.2) is 82.0 Å². The first-order chi connectivity index (χ1) is 16.9. The summed E-state index contributed by atoms with van der Waals surface area (Å²) in [6, 6.07) is 7.63. The molecule has 5 rings (SSSR count). The van der Waals surface area contributed by atoms with Crippen LogP contribution in [0.3, 0.4) is 0 Å². The van der Waals surface area contributed by atoms with E-state index in [9.17, 15) is 13.2 Å². The highest BCUT2D eigenvalue weighted by atomic mass is 32.2. The average Bonchev–Trinajstić information content (AvgIpc) is 3.61. The van der Waals surface area contributed by atoms with Gasteiger partial charge in [-0.25, -0.2) is 9.78 Å². The number of pyridine rings is 2. The summed E-state index contributed by atoms with van der Waals surface area (Å²) in [7, 11) is -2.64. The first kappa shape index (κ1) is 22.0. The summed E-state index contributed by atoms with van der Waals surface area (Å²) in [4.78, 5) is 24.6. The van der Waals surface area contributed by atoms with Crippen LogP contribution in [0.1, 0.15) is 16.1 Å². The summed E-state index contributed by atoms with van der Waals surface area (Å²) < 4.78 is 39.7. The van der Waals surface area contributed by atoms with E-state index in [2.05, 4.69) is 20.1 Å². The van der Waals surface area contributed by atoms with Crippen molar-refractivity contribution in [3.05, 3.63) is 78.9 Å². The number of aromatic nitrogens is 5. The van der Waals surface area contributed by atoms with Gasteiger partial charge in [0.1, 0.15) is 22.4 Å². The van der Waals surface area contributed by atoms with Crippen LogP contribution in [0, 0.1) is 0 Å². The molecule has 5 aromatic rings.